The number of hydrogen-bond acceptors (Lipinski definition) is 5. The molecule has 130 valence electrons. The average molecular weight is 340 g/mol. The lowest BCUT2D eigenvalue weighted by molar-refractivity contribution is -0.132. The first-order valence-corrected chi connectivity index (χ1v) is 8.68. The predicted molar refractivity (Wildman–Crippen MR) is 88.4 cm³/mol. The van der Waals surface area contributed by atoms with Gasteiger partial charge in [0.1, 0.15) is 12.1 Å². The van der Waals surface area contributed by atoms with Crippen molar-refractivity contribution in [2.24, 2.45) is 0 Å². The first kappa shape index (κ1) is 15.8. The third kappa shape index (κ3) is 2.50. The maximum atomic E-state index is 13.1. The summed E-state index contributed by atoms with van der Waals surface area (Å²) >= 11 is 0. The maximum Gasteiger partial charge on any atom is 0.325 e. The number of hydrogen-bond donors (Lipinski definition) is 1. The van der Waals surface area contributed by atoms with E-state index in [0.29, 0.717) is 18.7 Å². The highest BCUT2D eigenvalue weighted by molar-refractivity contribution is 6.07. The number of carbonyl (C=O) groups excluding carboxylic acids is 2. The van der Waals surface area contributed by atoms with Crippen molar-refractivity contribution in [3.05, 3.63) is 47.1 Å². The number of aryl methyl sites for hydroxylation is 2. The van der Waals surface area contributed by atoms with E-state index in [1.54, 1.807) is 0 Å². The number of aromatic nitrogens is 2. The smallest absolute Gasteiger partial charge is 0.325 e. The summed E-state index contributed by atoms with van der Waals surface area (Å²) in [6.45, 7) is 2.03. The Balaban J connectivity index is 1.62. The number of imide groups is 1. The van der Waals surface area contributed by atoms with E-state index in [1.165, 1.54) is 4.90 Å². The second kappa shape index (κ2) is 5.98. The zero-order chi connectivity index (χ0) is 17.4. The monoisotopic (exact) mass is 340 g/mol. The van der Waals surface area contributed by atoms with Gasteiger partial charge in [-0.05, 0) is 36.8 Å². The fraction of sp³-hybridized carbons (Fsp3) is 0.444. The van der Waals surface area contributed by atoms with E-state index >= 15 is 0 Å². The number of urea groups is 1. The van der Waals surface area contributed by atoms with Crippen molar-refractivity contribution in [2.75, 3.05) is 0 Å². The Kier molecular flexibility index (Phi) is 3.78. The van der Waals surface area contributed by atoms with E-state index in [4.69, 9.17) is 4.52 Å². The molecule has 1 spiro atoms. The molecule has 1 aromatic heterocycles. The quantitative estimate of drug-likeness (QED) is 0.863. The zero-order valence-corrected chi connectivity index (χ0v) is 14.1. The Hall–Kier alpha value is -2.70. The highest BCUT2D eigenvalue weighted by Gasteiger charge is 2.54. The third-order valence-electron chi connectivity index (χ3n) is 4.93. The van der Waals surface area contributed by atoms with Crippen LogP contribution >= 0.6 is 0 Å². The third-order valence-corrected chi connectivity index (χ3v) is 4.93. The minimum Gasteiger partial charge on any atom is -0.337 e. The van der Waals surface area contributed by atoms with Crippen molar-refractivity contribution in [3.63, 3.8) is 0 Å². The van der Waals surface area contributed by atoms with E-state index in [0.717, 1.165) is 30.4 Å². The van der Waals surface area contributed by atoms with Crippen molar-refractivity contribution in [1.29, 1.82) is 0 Å². The summed E-state index contributed by atoms with van der Waals surface area (Å²) in [6, 6.07) is 7.42. The Morgan fingerprint density at radius 3 is 3.00 bits per heavy atom. The van der Waals surface area contributed by atoms with Crippen molar-refractivity contribution in [3.8, 4) is 0 Å². The van der Waals surface area contributed by atoms with Gasteiger partial charge >= 0.3 is 6.03 Å². The van der Waals surface area contributed by atoms with Crippen LogP contribution in [-0.4, -0.2) is 27.0 Å². The second-order valence-electron chi connectivity index (χ2n) is 6.59. The van der Waals surface area contributed by atoms with E-state index in [9.17, 15) is 9.59 Å². The minimum atomic E-state index is -0.960. The van der Waals surface area contributed by atoms with Gasteiger partial charge in [-0.15, -0.1) is 0 Å². The number of amides is 3. The molecule has 4 rings (SSSR count). The molecule has 2 aromatic rings. The molecule has 0 radical (unpaired) electrons. The van der Waals surface area contributed by atoms with Crippen LogP contribution in [0.15, 0.2) is 28.8 Å². The lowest BCUT2D eigenvalue weighted by Gasteiger charge is -2.33. The maximum absolute atomic E-state index is 13.1. The number of carbonyl (C=O) groups is 2. The van der Waals surface area contributed by atoms with Gasteiger partial charge in [0.05, 0.1) is 0 Å². The summed E-state index contributed by atoms with van der Waals surface area (Å²) in [6.07, 6.45) is 4.00. The van der Waals surface area contributed by atoms with Gasteiger partial charge in [-0.25, -0.2) is 4.79 Å². The molecular formula is C18H20N4O3. The van der Waals surface area contributed by atoms with Gasteiger partial charge in [-0.3, -0.25) is 9.69 Å². The van der Waals surface area contributed by atoms with Crippen LogP contribution in [0.25, 0.3) is 0 Å². The molecule has 0 unspecified atom stereocenters. The van der Waals surface area contributed by atoms with Crippen molar-refractivity contribution >= 4 is 11.9 Å². The molecule has 1 saturated heterocycles. The van der Waals surface area contributed by atoms with Crippen LogP contribution in [0.2, 0.25) is 0 Å². The summed E-state index contributed by atoms with van der Waals surface area (Å²) in [5, 5.41) is 6.81. The van der Waals surface area contributed by atoms with Crippen LogP contribution in [0.3, 0.4) is 0 Å². The van der Waals surface area contributed by atoms with Crippen LogP contribution in [0.4, 0.5) is 4.79 Å². The van der Waals surface area contributed by atoms with Gasteiger partial charge in [-0.2, -0.15) is 4.98 Å². The van der Waals surface area contributed by atoms with Gasteiger partial charge in [-0.1, -0.05) is 36.3 Å². The molecule has 25 heavy (non-hydrogen) atoms. The summed E-state index contributed by atoms with van der Waals surface area (Å²) in [7, 11) is 0. The minimum absolute atomic E-state index is 0.00526. The molecule has 2 aliphatic rings. The Labute approximate surface area is 145 Å². The summed E-state index contributed by atoms with van der Waals surface area (Å²) in [5.74, 6) is 0.648. The summed E-state index contributed by atoms with van der Waals surface area (Å²) < 4.78 is 5.19. The second-order valence-corrected chi connectivity index (χ2v) is 6.59. The number of nitrogens with zero attached hydrogens (tertiary/aromatic N) is 3. The number of benzene rings is 1. The normalized spacial score (nSPS) is 22.4. The molecule has 0 saturated carbocycles. The standard InChI is InChI=1S/C18H20N4O3/c1-2-6-14-19-15(25-21-14)11-22-16(23)18(20-17(22)24)10-5-8-12-7-3-4-9-13(12)18/h3-4,7,9H,2,5-6,8,10-11H2,1H3,(H,20,24)/t18-/m0/s1. The van der Waals surface area contributed by atoms with Gasteiger partial charge in [0.15, 0.2) is 5.82 Å². The molecule has 3 amide bonds. The summed E-state index contributed by atoms with van der Waals surface area (Å²) in [4.78, 5) is 31.1. The van der Waals surface area contributed by atoms with Gasteiger partial charge < -0.3 is 9.84 Å². The van der Waals surface area contributed by atoms with Crippen LogP contribution in [-0.2, 0) is 29.7 Å². The predicted octanol–water partition coefficient (Wildman–Crippen LogP) is 2.31. The van der Waals surface area contributed by atoms with E-state index in [1.807, 2.05) is 31.2 Å². The first-order chi connectivity index (χ1) is 12.1. The fourth-order valence-corrected chi connectivity index (χ4v) is 3.77. The molecule has 1 fully saturated rings. The lowest BCUT2D eigenvalue weighted by atomic mass is 9.76. The fourth-order valence-electron chi connectivity index (χ4n) is 3.77. The number of nitrogens with one attached hydrogen (secondary N) is 1. The van der Waals surface area contributed by atoms with Gasteiger partial charge in [0.2, 0.25) is 5.89 Å². The SMILES string of the molecule is CCCc1noc(CN2C(=O)N[C@]3(CCCc4ccccc43)C2=O)n1. The molecule has 0 bridgehead atoms. The van der Waals surface area contributed by atoms with E-state index in [2.05, 4.69) is 15.5 Å². The Morgan fingerprint density at radius 2 is 2.16 bits per heavy atom. The van der Waals surface area contributed by atoms with Gasteiger partial charge in [0.25, 0.3) is 5.91 Å². The molecular weight excluding hydrogens is 320 g/mol. The lowest BCUT2D eigenvalue weighted by Crippen LogP contribution is -2.46. The zero-order valence-electron chi connectivity index (χ0n) is 14.1. The number of rotatable bonds is 4. The van der Waals surface area contributed by atoms with Crippen molar-refractivity contribution < 1.29 is 14.1 Å². The topological polar surface area (TPSA) is 88.3 Å². The molecule has 1 atom stereocenters. The Morgan fingerprint density at radius 1 is 1.32 bits per heavy atom. The molecule has 2 heterocycles. The molecule has 7 nitrogen and oxygen atoms in total. The average Bonchev–Trinajstić information content (AvgIpc) is 3.15. The highest BCUT2D eigenvalue weighted by Crippen LogP contribution is 2.40. The summed E-state index contributed by atoms with van der Waals surface area (Å²) in [5.41, 5.74) is 1.06. The number of fused-ring (bicyclic) bond motifs is 2. The van der Waals surface area contributed by atoms with Crippen LogP contribution < -0.4 is 5.32 Å². The van der Waals surface area contributed by atoms with Crippen molar-refractivity contribution in [1.82, 2.24) is 20.4 Å². The van der Waals surface area contributed by atoms with E-state index < -0.39 is 11.6 Å². The van der Waals surface area contributed by atoms with Gasteiger partial charge in [0, 0.05) is 6.42 Å². The molecule has 1 aliphatic heterocycles. The first-order valence-electron chi connectivity index (χ1n) is 8.68. The molecule has 1 N–H and O–H groups in total. The van der Waals surface area contributed by atoms with E-state index in [-0.39, 0.29) is 18.3 Å². The molecule has 1 aromatic carbocycles. The molecule has 7 heteroatoms. The Bertz CT molecular complexity index is 831. The van der Waals surface area contributed by atoms with Crippen molar-refractivity contribution in [2.45, 2.75) is 51.1 Å². The largest absolute Gasteiger partial charge is 0.337 e. The molecule has 1 aliphatic carbocycles. The van der Waals surface area contributed by atoms with Crippen LogP contribution in [0.5, 0.6) is 0 Å². The van der Waals surface area contributed by atoms with Crippen LogP contribution in [0.1, 0.15) is 49.0 Å². The van der Waals surface area contributed by atoms with Crippen LogP contribution in [0, 0.1) is 0 Å². The highest BCUT2D eigenvalue weighted by atomic mass is 16.5.